The number of nitrogens with one attached hydrogen (secondary N) is 1. The number of piperazine rings is 1. The van der Waals surface area contributed by atoms with Crippen LogP contribution in [0.2, 0.25) is 0 Å². The van der Waals surface area contributed by atoms with Gasteiger partial charge in [-0.3, -0.25) is 4.79 Å². The Hall–Kier alpha value is -0.830. The molecule has 3 heteroatoms. The highest BCUT2D eigenvalue weighted by atomic mass is 16.2. The quantitative estimate of drug-likeness (QED) is 0.744. The van der Waals surface area contributed by atoms with Crippen LogP contribution in [0.25, 0.3) is 0 Å². The fraction of sp³-hybridized carbons (Fsp3) is 0.824. The van der Waals surface area contributed by atoms with Crippen LogP contribution in [0.5, 0.6) is 0 Å². The van der Waals surface area contributed by atoms with Crippen molar-refractivity contribution < 1.29 is 4.79 Å². The highest BCUT2D eigenvalue weighted by Gasteiger charge is 2.47. The molecule has 2 saturated carbocycles. The maximum atomic E-state index is 13.1. The summed E-state index contributed by atoms with van der Waals surface area (Å²) in [7, 11) is 0. The van der Waals surface area contributed by atoms with Crippen molar-refractivity contribution in [1.29, 1.82) is 0 Å². The summed E-state index contributed by atoms with van der Waals surface area (Å²) >= 11 is 0. The normalized spacial score (nSPS) is 38.6. The summed E-state index contributed by atoms with van der Waals surface area (Å²) in [6.07, 6.45) is 13.3. The maximum Gasteiger partial charge on any atom is 0.226 e. The fourth-order valence-corrected chi connectivity index (χ4v) is 5.11. The molecule has 0 aromatic carbocycles. The Morgan fingerprint density at radius 3 is 2.70 bits per heavy atom. The molecule has 1 saturated heterocycles. The van der Waals surface area contributed by atoms with Crippen LogP contribution >= 0.6 is 0 Å². The van der Waals surface area contributed by atoms with E-state index in [9.17, 15) is 4.79 Å². The third kappa shape index (κ3) is 1.93. The van der Waals surface area contributed by atoms with Gasteiger partial charge in [0.05, 0.1) is 5.54 Å². The minimum Gasteiger partial charge on any atom is -0.334 e. The molecule has 4 rings (SSSR count). The Labute approximate surface area is 121 Å². The molecule has 0 aromatic heterocycles. The minimum absolute atomic E-state index is 0.152. The van der Waals surface area contributed by atoms with Crippen molar-refractivity contribution in [2.75, 3.05) is 19.6 Å². The third-order valence-electron chi connectivity index (χ3n) is 6.19. The van der Waals surface area contributed by atoms with Gasteiger partial charge in [0.25, 0.3) is 0 Å². The van der Waals surface area contributed by atoms with Gasteiger partial charge in [0, 0.05) is 25.6 Å². The molecule has 0 aromatic rings. The van der Waals surface area contributed by atoms with Crippen molar-refractivity contribution in [2.24, 2.45) is 17.8 Å². The highest BCUT2D eigenvalue weighted by molar-refractivity contribution is 5.81. The molecule has 1 amide bonds. The van der Waals surface area contributed by atoms with E-state index in [1.54, 1.807) is 0 Å². The predicted octanol–water partition coefficient (Wildman–Crippen LogP) is 2.33. The number of hydrogen-bond donors (Lipinski definition) is 1. The molecule has 1 spiro atoms. The number of amides is 1. The lowest BCUT2D eigenvalue weighted by molar-refractivity contribution is -0.146. The molecule has 2 bridgehead atoms. The van der Waals surface area contributed by atoms with Gasteiger partial charge in [-0.05, 0) is 37.5 Å². The van der Waals surface area contributed by atoms with Crippen LogP contribution < -0.4 is 5.32 Å². The van der Waals surface area contributed by atoms with Crippen LogP contribution in [0.1, 0.15) is 44.9 Å². The summed E-state index contributed by atoms with van der Waals surface area (Å²) in [6, 6.07) is 0. The van der Waals surface area contributed by atoms with E-state index in [4.69, 9.17) is 0 Å². The van der Waals surface area contributed by atoms with Gasteiger partial charge in [0.15, 0.2) is 0 Å². The number of carbonyl (C=O) groups is 1. The minimum atomic E-state index is 0.152. The van der Waals surface area contributed by atoms with Crippen molar-refractivity contribution >= 4 is 5.91 Å². The first-order valence-electron chi connectivity index (χ1n) is 8.49. The lowest BCUT2D eigenvalue weighted by Gasteiger charge is -2.51. The van der Waals surface area contributed by atoms with E-state index in [1.165, 1.54) is 38.5 Å². The molecular weight excluding hydrogens is 248 g/mol. The van der Waals surface area contributed by atoms with E-state index in [0.29, 0.717) is 23.7 Å². The Morgan fingerprint density at radius 2 is 2.00 bits per heavy atom. The second-order valence-corrected chi connectivity index (χ2v) is 7.34. The van der Waals surface area contributed by atoms with Crippen LogP contribution in [0.4, 0.5) is 0 Å². The summed E-state index contributed by atoms with van der Waals surface area (Å²) in [5.74, 6) is 2.01. The monoisotopic (exact) mass is 274 g/mol. The zero-order valence-corrected chi connectivity index (χ0v) is 12.3. The molecule has 3 nitrogen and oxygen atoms in total. The SMILES string of the molecule is O=C(C1CC2C=CC1C2)N1CCNCC12CCCCC2. The molecule has 0 radical (unpaired) electrons. The summed E-state index contributed by atoms with van der Waals surface area (Å²) in [5, 5.41) is 3.55. The first-order chi connectivity index (χ1) is 9.78. The number of carbonyl (C=O) groups excluding carboxylic acids is 1. The number of nitrogens with zero attached hydrogens (tertiary/aromatic N) is 1. The van der Waals surface area contributed by atoms with Crippen LogP contribution in [0.15, 0.2) is 12.2 Å². The smallest absolute Gasteiger partial charge is 0.226 e. The number of allylic oxidation sites excluding steroid dienone is 2. The van der Waals surface area contributed by atoms with E-state index in [1.807, 2.05) is 0 Å². The average Bonchev–Trinajstić information content (AvgIpc) is 3.11. The van der Waals surface area contributed by atoms with Gasteiger partial charge in [-0.2, -0.15) is 0 Å². The molecule has 1 aliphatic heterocycles. The summed E-state index contributed by atoms with van der Waals surface area (Å²) in [4.78, 5) is 15.4. The van der Waals surface area contributed by atoms with Crippen molar-refractivity contribution in [1.82, 2.24) is 10.2 Å². The summed E-state index contributed by atoms with van der Waals surface area (Å²) < 4.78 is 0. The van der Waals surface area contributed by atoms with Gasteiger partial charge in [-0.25, -0.2) is 0 Å². The van der Waals surface area contributed by atoms with E-state index < -0.39 is 0 Å². The van der Waals surface area contributed by atoms with Crippen LogP contribution in [0, 0.1) is 17.8 Å². The molecule has 110 valence electrons. The third-order valence-corrected chi connectivity index (χ3v) is 6.19. The molecule has 1 heterocycles. The number of hydrogen-bond acceptors (Lipinski definition) is 2. The first-order valence-corrected chi connectivity index (χ1v) is 8.49. The molecule has 3 aliphatic carbocycles. The van der Waals surface area contributed by atoms with Crippen LogP contribution in [0.3, 0.4) is 0 Å². The predicted molar refractivity (Wildman–Crippen MR) is 79.2 cm³/mol. The highest BCUT2D eigenvalue weighted by Crippen LogP contribution is 2.46. The zero-order chi connectivity index (χ0) is 13.6. The van der Waals surface area contributed by atoms with Gasteiger partial charge in [-0.1, -0.05) is 31.4 Å². The van der Waals surface area contributed by atoms with E-state index in [0.717, 1.165) is 26.1 Å². The largest absolute Gasteiger partial charge is 0.334 e. The Bertz CT molecular complexity index is 416. The van der Waals surface area contributed by atoms with Gasteiger partial charge >= 0.3 is 0 Å². The van der Waals surface area contributed by atoms with E-state index in [-0.39, 0.29) is 5.54 Å². The standard InChI is InChI=1S/C17H26N2O/c20-16(15-11-13-4-5-14(15)10-13)19-9-8-18-12-17(19)6-2-1-3-7-17/h4-5,13-15,18H,1-3,6-12H2. The average molecular weight is 274 g/mol. The lowest BCUT2D eigenvalue weighted by Crippen LogP contribution is -2.64. The summed E-state index contributed by atoms with van der Waals surface area (Å²) in [6.45, 7) is 2.93. The Balaban J connectivity index is 1.55. The molecule has 20 heavy (non-hydrogen) atoms. The van der Waals surface area contributed by atoms with Crippen molar-refractivity contribution in [3.05, 3.63) is 12.2 Å². The van der Waals surface area contributed by atoms with Gasteiger partial charge in [0.1, 0.15) is 0 Å². The van der Waals surface area contributed by atoms with E-state index >= 15 is 0 Å². The van der Waals surface area contributed by atoms with Gasteiger partial charge < -0.3 is 10.2 Å². The second-order valence-electron chi connectivity index (χ2n) is 7.34. The van der Waals surface area contributed by atoms with E-state index in [2.05, 4.69) is 22.4 Å². The molecule has 3 atom stereocenters. The fourth-order valence-electron chi connectivity index (χ4n) is 5.11. The van der Waals surface area contributed by atoms with Crippen LogP contribution in [-0.4, -0.2) is 36.0 Å². The topological polar surface area (TPSA) is 32.3 Å². The molecule has 3 fully saturated rings. The van der Waals surface area contributed by atoms with Crippen molar-refractivity contribution in [3.63, 3.8) is 0 Å². The Kier molecular flexibility index (Phi) is 3.13. The second kappa shape index (κ2) is 4.87. The molecule has 4 aliphatic rings. The number of rotatable bonds is 1. The molecule has 3 unspecified atom stereocenters. The summed E-state index contributed by atoms with van der Waals surface area (Å²) in [5.41, 5.74) is 0.152. The maximum absolute atomic E-state index is 13.1. The van der Waals surface area contributed by atoms with Crippen LogP contribution in [-0.2, 0) is 4.79 Å². The number of fused-ring (bicyclic) bond motifs is 2. The zero-order valence-electron chi connectivity index (χ0n) is 12.3. The van der Waals surface area contributed by atoms with Crippen molar-refractivity contribution in [2.45, 2.75) is 50.5 Å². The van der Waals surface area contributed by atoms with Crippen molar-refractivity contribution in [3.8, 4) is 0 Å². The molecule has 1 N–H and O–H groups in total. The van der Waals surface area contributed by atoms with Gasteiger partial charge in [-0.15, -0.1) is 0 Å². The lowest BCUT2D eigenvalue weighted by atomic mass is 9.78. The van der Waals surface area contributed by atoms with Gasteiger partial charge in [0.2, 0.25) is 5.91 Å². The Morgan fingerprint density at radius 1 is 1.15 bits per heavy atom. The first kappa shape index (κ1) is 12.9. The molecular formula is C17H26N2O.